The Morgan fingerprint density at radius 1 is 1.04 bits per heavy atom. The topological polar surface area (TPSA) is 84.4 Å². The van der Waals surface area contributed by atoms with Gasteiger partial charge in [-0.3, -0.25) is 14.9 Å². The number of amides is 2. The molecule has 7 nitrogen and oxygen atoms in total. The van der Waals surface area contributed by atoms with Crippen molar-refractivity contribution in [2.75, 3.05) is 18.4 Å². The minimum absolute atomic E-state index is 0.00475. The van der Waals surface area contributed by atoms with E-state index in [-0.39, 0.29) is 17.8 Å². The van der Waals surface area contributed by atoms with E-state index in [9.17, 15) is 9.59 Å². The molecule has 2 fully saturated rings. The van der Waals surface area contributed by atoms with Gasteiger partial charge in [-0.05, 0) is 31.7 Å². The van der Waals surface area contributed by atoms with Gasteiger partial charge in [0, 0.05) is 24.8 Å². The summed E-state index contributed by atoms with van der Waals surface area (Å²) in [7, 11) is 0. The summed E-state index contributed by atoms with van der Waals surface area (Å²) in [4.78, 5) is 35.3. The van der Waals surface area contributed by atoms with Gasteiger partial charge in [0.25, 0.3) is 11.8 Å². The van der Waals surface area contributed by atoms with Crippen molar-refractivity contribution in [3.63, 3.8) is 0 Å². The van der Waals surface area contributed by atoms with E-state index in [0.29, 0.717) is 12.8 Å². The fraction of sp³-hybridized carbons (Fsp3) is 0.400. The van der Waals surface area contributed by atoms with Gasteiger partial charge >= 0.3 is 0 Å². The van der Waals surface area contributed by atoms with Crippen LogP contribution in [-0.4, -0.2) is 52.0 Å². The van der Waals surface area contributed by atoms with Crippen LogP contribution in [-0.2, 0) is 14.3 Å². The predicted octanol–water partition coefficient (Wildman–Crippen LogP) is 2.25. The molecule has 2 aliphatic rings. The maximum Gasteiger partial charge on any atom is 0.255 e. The SMILES string of the molecule is O=C(Nc1nccc(-c2ccccc2)n1)[C@@H]1CC[C@H](C(=O)N2CCCC2)O1. The number of benzene rings is 1. The summed E-state index contributed by atoms with van der Waals surface area (Å²) in [6.45, 7) is 1.57. The van der Waals surface area contributed by atoms with Crippen molar-refractivity contribution in [2.45, 2.75) is 37.9 Å². The number of likely N-dealkylation sites (tertiary alicyclic amines) is 1. The van der Waals surface area contributed by atoms with Crippen LogP contribution in [0, 0.1) is 0 Å². The second kappa shape index (κ2) is 7.84. The molecule has 1 N–H and O–H groups in total. The van der Waals surface area contributed by atoms with Crippen LogP contribution in [0.1, 0.15) is 25.7 Å². The van der Waals surface area contributed by atoms with Gasteiger partial charge in [-0.25, -0.2) is 9.97 Å². The number of hydrogen-bond donors (Lipinski definition) is 1. The lowest BCUT2D eigenvalue weighted by Crippen LogP contribution is -2.38. The third-order valence-electron chi connectivity index (χ3n) is 4.97. The maximum absolute atomic E-state index is 12.5. The molecule has 7 heteroatoms. The van der Waals surface area contributed by atoms with Gasteiger partial charge in [0.05, 0.1) is 5.69 Å². The number of nitrogens with zero attached hydrogens (tertiary/aromatic N) is 3. The van der Waals surface area contributed by atoms with E-state index in [4.69, 9.17) is 4.74 Å². The first kappa shape index (κ1) is 17.6. The van der Waals surface area contributed by atoms with Crippen LogP contribution in [0.2, 0.25) is 0 Å². The first-order chi connectivity index (χ1) is 13.2. The Bertz CT molecular complexity index is 821. The standard InChI is InChI=1S/C20H22N4O3/c25-18(16-8-9-17(27-16)19(26)24-12-4-5-13-24)23-20-21-11-10-15(22-20)14-6-2-1-3-7-14/h1-3,6-7,10-11,16-17H,4-5,8-9,12-13H2,(H,21,22,23,25)/t16-,17+/m0/s1. The zero-order valence-corrected chi connectivity index (χ0v) is 15.0. The Kier molecular flexibility index (Phi) is 5.11. The number of carbonyl (C=O) groups is 2. The molecule has 2 aliphatic heterocycles. The van der Waals surface area contributed by atoms with Crippen molar-refractivity contribution in [3.05, 3.63) is 42.6 Å². The Labute approximate surface area is 157 Å². The number of aromatic nitrogens is 2. The molecule has 0 bridgehead atoms. The fourth-order valence-electron chi connectivity index (χ4n) is 3.53. The van der Waals surface area contributed by atoms with E-state index in [1.807, 2.05) is 35.2 Å². The second-order valence-corrected chi connectivity index (χ2v) is 6.84. The second-order valence-electron chi connectivity index (χ2n) is 6.84. The molecule has 0 radical (unpaired) electrons. The van der Waals surface area contributed by atoms with Gasteiger partial charge in [-0.1, -0.05) is 30.3 Å². The molecule has 1 aromatic heterocycles. The Hall–Kier alpha value is -2.80. The van der Waals surface area contributed by atoms with Crippen molar-refractivity contribution in [3.8, 4) is 11.3 Å². The summed E-state index contributed by atoms with van der Waals surface area (Å²) in [5.41, 5.74) is 1.68. The van der Waals surface area contributed by atoms with Crippen LogP contribution in [0.5, 0.6) is 0 Å². The molecule has 0 aliphatic carbocycles. The number of carbonyl (C=O) groups excluding carboxylic acids is 2. The molecule has 0 unspecified atom stereocenters. The average Bonchev–Trinajstić information content (AvgIpc) is 3.41. The van der Waals surface area contributed by atoms with Gasteiger partial charge in [0.1, 0.15) is 12.2 Å². The zero-order chi connectivity index (χ0) is 18.6. The molecule has 0 saturated carbocycles. The molecule has 1 aromatic carbocycles. The lowest BCUT2D eigenvalue weighted by molar-refractivity contribution is -0.144. The molecule has 2 aromatic rings. The molecule has 27 heavy (non-hydrogen) atoms. The van der Waals surface area contributed by atoms with Gasteiger partial charge < -0.3 is 9.64 Å². The minimum Gasteiger partial charge on any atom is -0.355 e. The summed E-state index contributed by atoms with van der Waals surface area (Å²) in [6.07, 6.45) is 3.61. The number of anilines is 1. The molecule has 0 spiro atoms. The summed E-state index contributed by atoms with van der Waals surface area (Å²) in [6, 6.07) is 11.5. The van der Waals surface area contributed by atoms with Gasteiger partial charge in [0.2, 0.25) is 5.95 Å². The first-order valence-electron chi connectivity index (χ1n) is 9.34. The predicted molar refractivity (Wildman–Crippen MR) is 99.8 cm³/mol. The van der Waals surface area contributed by atoms with Crippen LogP contribution in [0.3, 0.4) is 0 Å². The summed E-state index contributed by atoms with van der Waals surface area (Å²) in [5, 5.41) is 2.71. The van der Waals surface area contributed by atoms with E-state index in [1.54, 1.807) is 12.3 Å². The Morgan fingerprint density at radius 3 is 2.56 bits per heavy atom. The molecule has 2 saturated heterocycles. The van der Waals surface area contributed by atoms with Gasteiger partial charge in [-0.2, -0.15) is 0 Å². The quantitative estimate of drug-likeness (QED) is 0.897. The number of rotatable bonds is 4. The summed E-state index contributed by atoms with van der Waals surface area (Å²) >= 11 is 0. The van der Waals surface area contributed by atoms with Crippen LogP contribution < -0.4 is 5.32 Å². The van der Waals surface area contributed by atoms with Crippen LogP contribution in [0.15, 0.2) is 42.6 Å². The van der Waals surface area contributed by atoms with Crippen molar-refractivity contribution in [1.29, 1.82) is 0 Å². The molecule has 140 valence electrons. The van der Waals surface area contributed by atoms with Gasteiger partial charge in [0.15, 0.2) is 0 Å². The highest BCUT2D eigenvalue weighted by Crippen LogP contribution is 2.24. The van der Waals surface area contributed by atoms with Crippen molar-refractivity contribution in [1.82, 2.24) is 14.9 Å². The average molecular weight is 366 g/mol. The largest absolute Gasteiger partial charge is 0.355 e. The third kappa shape index (κ3) is 3.98. The lowest BCUT2D eigenvalue weighted by Gasteiger charge is -2.20. The molecule has 2 atom stereocenters. The highest BCUT2D eigenvalue weighted by Gasteiger charge is 2.37. The van der Waals surface area contributed by atoms with Crippen molar-refractivity contribution >= 4 is 17.8 Å². The lowest BCUT2D eigenvalue weighted by atomic mass is 10.1. The molecule has 4 rings (SSSR count). The van der Waals surface area contributed by atoms with Crippen molar-refractivity contribution in [2.24, 2.45) is 0 Å². The van der Waals surface area contributed by atoms with E-state index in [2.05, 4.69) is 15.3 Å². The molecule has 3 heterocycles. The van der Waals surface area contributed by atoms with E-state index in [0.717, 1.165) is 37.2 Å². The van der Waals surface area contributed by atoms with E-state index < -0.39 is 12.2 Å². The van der Waals surface area contributed by atoms with Crippen LogP contribution >= 0.6 is 0 Å². The van der Waals surface area contributed by atoms with E-state index >= 15 is 0 Å². The van der Waals surface area contributed by atoms with Crippen LogP contribution in [0.4, 0.5) is 5.95 Å². The normalized spacial score (nSPS) is 22.0. The summed E-state index contributed by atoms with van der Waals surface area (Å²) < 4.78 is 5.73. The smallest absolute Gasteiger partial charge is 0.255 e. The van der Waals surface area contributed by atoms with E-state index in [1.165, 1.54) is 0 Å². The van der Waals surface area contributed by atoms with Crippen LogP contribution in [0.25, 0.3) is 11.3 Å². The molecule has 2 amide bonds. The zero-order valence-electron chi connectivity index (χ0n) is 15.0. The number of ether oxygens (including phenoxy) is 1. The molecular weight excluding hydrogens is 344 g/mol. The Balaban J connectivity index is 1.38. The highest BCUT2D eigenvalue weighted by atomic mass is 16.5. The Morgan fingerprint density at radius 2 is 1.78 bits per heavy atom. The minimum atomic E-state index is -0.648. The van der Waals surface area contributed by atoms with Gasteiger partial charge in [-0.15, -0.1) is 0 Å². The monoisotopic (exact) mass is 366 g/mol. The third-order valence-corrected chi connectivity index (χ3v) is 4.97. The fourth-order valence-corrected chi connectivity index (χ4v) is 3.53. The number of nitrogens with one attached hydrogen (secondary N) is 1. The summed E-state index contributed by atoms with van der Waals surface area (Å²) in [5.74, 6) is -0.0682. The maximum atomic E-state index is 12.5. The molecular formula is C20H22N4O3. The highest BCUT2D eigenvalue weighted by molar-refractivity contribution is 5.93. The van der Waals surface area contributed by atoms with Crippen molar-refractivity contribution < 1.29 is 14.3 Å². The first-order valence-corrected chi connectivity index (χ1v) is 9.34. The number of hydrogen-bond acceptors (Lipinski definition) is 5.